The molecule has 0 heterocycles. The fourth-order valence-electron chi connectivity index (χ4n) is 0.903. The van der Waals surface area contributed by atoms with Crippen molar-refractivity contribution in [3.05, 3.63) is 23.8 Å². The van der Waals surface area contributed by atoms with Crippen molar-refractivity contribution < 1.29 is 59.0 Å². The normalized spacial score (nSPS) is 10.5. The Bertz CT molecular complexity index is 486. The predicted molar refractivity (Wildman–Crippen MR) is 46.0 cm³/mol. The van der Waals surface area contributed by atoms with Crippen LogP contribution in [0.25, 0.3) is 0 Å². The summed E-state index contributed by atoms with van der Waals surface area (Å²) in [4.78, 5) is 9.64. The van der Waals surface area contributed by atoms with Crippen LogP contribution in [0.3, 0.4) is 0 Å². The van der Waals surface area contributed by atoms with Gasteiger partial charge in [-0.1, -0.05) is 6.07 Å². The zero-order valence-corrected chi connectivity index (χ0v) is 10.5. The number of hydrogen-bond donors (Lipinski definition) is 3. The smallest absolute Gasteiger partial charge is 1.00 e. The van der Waals surface area contributed by atoms with Crippen molar-refractivity contribution in [3.8, 4) is 5.75 Å². The monoisotopic (exact) mass is 242 g/mol. The fraction of sp³-hybridized carbons (Fsp3) is 0. The molecule has 1 aromatic carbocycles. The van der Waals surface area contributed by atoms with Gasteiger partial charge in [-0.15, -0.1) is 0 Å². The van der Waals surface area contributed by atoms with Gasteiger partial charge in [0.2, 0.25) is 0 Å². The second-order valence-electron chi connectivity index (χ2n) is 2.43. The first kappa shape index (κ1) is 14.4. The first-order chi connectivity index (χ1) is 6.34. The van der Waals surface area contributed by atoms with Crippen LogP contribution in [0, 0.1) is 0 Å². The topological polar surface area (TPSA) is 112 Å². The molecule has 0 aliphatic heterocycles. The van der Waals surface area contributed by atoms with E-state index in [1.807, 2.05) is 0 Å². The minimum absolute atomic E-state index is 0. The summed E-state index contributed by atoms with van der Waals surface area (Å²) in [7, 11) is -4.60. The van der Waals surface area contributed by atoms with Crippen LogP contribution < -0.4 is 29.6 Å². The van der Waals surface area contributed by atoms with Gasteiger partial charge in [0.1, 0.15) is 10.5 Å². The molecule has 78 valence electrons. The Kier molecular flexibility index (Phi) is 4.75. The number of benzene rings is 1. The molecule has 0 bridgehead atoms. The molecule has 0 amide bonds. The molecule has 0 atom stereocenters. The molecule has 0 radical (unpaired) electrons. The molecule has 0 unspecified atom stereocenters. The number of aromatic hydroxyl groups is 1. The quantitative estimate of drug-likeness (QED) is 0.389. The van der Waals surface area contributed by atoms with E-state index in [1.54, 1.807) is 0 Å². The van der Waals surface area contributed by atoms with Crippen molar-refractivity contribution in [2.75, 3.05) is 0 Å². The fourth-order valence-corrected chi connectivity index (χ4v) is 1.51. The molecule has 8 heteroatoms. The van der Waals surface area contributed by atoms with Gasteiger partial charge in [0, 0.05) is 0 Å². The predicted octanol–water partition coefficient (Wildman–Crippen LogP) is -2.55. The average Bonchev–Trinajstić information content (AvgIpc) is 2.01. The third-order valence-electron chi connectivity index (χ3n) is 1.51. The van der Waals surface area contributed by atoms with Gasteiger partial charge in [-0.3, -0.25) is 4.55 Å². The van der Waals surface area contributed by atoms with Gasteiger partial charge in [-0.25, -0.2) is 4.79 Å². The van der Waals surface area contributed by atoms with Gasteiger partial charge in [0.05, 0.1) is 0 Å². The van der Waals surface area contributed by atoms with Gasteiger partial charge in [0.15, 0.2) is 5.75 Å². The number of carboxylic acid groups (broad SMARTS) is 1. The molecule has 0 saturated heterocycles. The number of para-hydroxylation sites is 1. The van der Waals surface area contributed by atoms with Crippen LogP contribution in [0.2, 0.25) is 0 Å². The number of aromatic carboxylic acids is 1. The Labute approximate surface area is 109 Å². The van der Waals surface area contributed by atoms with E-state index in [1.165, 1.54) is 0 Å². The standard InChI is InChI=1S/C7H6O6S.Na.H/c8-6-4(7(9)10)2-1-3-5(6)14(11,12)13;;/h1-3,8H,(H,9,10)(H,11,12,13);;/q;+1;-1. The molecule has 1 rings (SSSR count). The molecule has 15 heavy (non-hydrogen) atoms. The molecule has 0 aromatic heterocycles. The maximum atomic E-state index is 10.6. The van der Waals surface area contributed by atoms with Crippen molar-refractivity contribution in [3.63, 3.8) is 0 Å². The van der Waals surface area contributed by atoms with Gasteiger partial charge in [0.25, 0.3) is 10.1 Å². The summed E-state index contributed by atoms with van der Waals surface area (Å²) in [6, 6.07) is 3.02. The third kappa shape index (κ3) is 3.18. The van der Waals surface area contributed by atoms with E-state index in [9.17, 15) is 18.3 Å². The van der Waals surface area contributed by atoms with Crippen LogP contribution in [0.4, 0.5) is 0 Å². The van der Waals surface area contributed by atoms with Crippen LogP contribution in [0.15, 0.2) is 23.1 Å². The number of phenols is 1. The van der Waals surface area contributed by atoms with Crippen LogP contribution in [-0.4, -0.2) is 29.2 Å². The molecular weight excluding hydrogens is 235 g/mol. The van der Waals surface area contributed by atoms with Crippen molar-refractivity contribution >= 4 is 16.1 Å². The summed E-state index contributed by atoms with van der Waals surface area (Å²) in [5.41, 5.74) is -0.583. The molecule has 0 spiro atoms. The molecule has 0 saturated carbocycles. The van der Waals surface area contributed by atoms with Gasteiger partial charge in [-0.05, 0) is 12.1 Å². The summed E-state index contributed by atoms with van der Waals surface area (Å²) >= 11 is 0. The van der Waals surface area contributed by atoms with E-state index >= 15 is 0 Å². The molecular formula is C7H7NaO6S. The number of hydrogen-bond acceptors (Lipinski definition) is 4. The molecule has 3 N–H and O–H groups in total. The SMILES string of the molecule is O=C(O)c1cccc(S(=O)(=O)O)c1O.[H-].[Na+]. The zero-order chi connectivity index (χ0) is 10.9. The summed E-state index contributed by atoms with van der Waals surface area (Å²) < 4.78 is 29.9. The number of rotatable bonds is 2. The van der Waals surface area contributed by atoms with Crippen LogP contribution in [0.1, 0.15) is 11.8 Å². The molecule has 0 aliphatic carbocycles. The van der Waals surface area contributed by atoms with Crippen molar-refractivity contribution in [1.82, 2.24) is 0 Å². The Morgan fingerprint density at radius 2 is 1.87 bits per heavy atom. The van der Waals surface area contributed by atoms with Crippen LogP contribution in [-0.2, 0) is 10.1 Å². The Morgan fingerprint density at radius 1 is 1.33 bits per heavy atom. The Hall–Kier alpha value is -0.600. The van der Waals surface area contributed by atoms with Crippen LogP contribution >= 0.6 is 0 Å². The minimum atomic E-state index is -4.60. The van der Waals surface area contributed by atoms with E-state index in [2.05, 4.69) is 0 Å². The molecule has 0 aliphatic rings. The summed E-state index contributed by atoms with van der Waals surface area (Å²) in [6.45, 7) is 0. The first-order valence-electron chi connectivity index (χ1n) is 3.37. The van der Waals surface area contributed by atoms with Crippen LogP contribution in [0.5, 0.6) is 5.75 Å². The summed E-state index contributed by atoms with van der Waals surface area (Å²) in [5.74, 6) is -2.45. The van der Waals surface area contributed by atoms with E-state index in [0.717, 1.165) is 18.2 Å². The van der Waals surface area contributed by atoms with Crippen molar-refractivity contribution in [2.24, 2.45) is 0 Å². The Morgan fingerprint density at radius 3 is 2.27 bits per heavy atom. The van der Waals surface area contributed by atoms with Gasteiger partial charge >= 0.3 is 35.5 Å². The molecule has 6 nitrogen and oxygen atoms in total. The minimum Gasteiger partial charge on any atom is -1.00 e. The first-order valence-corrected chi connectivity index (χ1v) is 4.81. The second-order valence-corrected chi connectivity index (χ2v) is 3.82. The van der Waals surface area contributed by atoms with E-state index in [-0.39, 0.29) is 31.0 Å². The molecule has 0 fully saturated rings. The average molecular weight is 242 g/mol. The van der Waals surface area contributed by atoms with Crippen molar-refractivity contribution in [2.45, 2.75) is 4.90 Å². The maximum absolute atomic E-state index is 10.6. The third-order valence-corrected chi connectivity index (χ3v) is 2.39. The Balaban J connectivity index is 0. The van der Waals surface area contributed by atoms with Crippen molar-refractivity contribution in [1.29, 1.82) is 0 Å². The van der Waals surface area contributed by atoms with E-state index < -0.39 is 32.3 Å². The number of carbonyl (C=O) groups is 1. The van der Waals surface area contributed by atoms with Gasteiger partial charge in [-0.2, -0.15) is 8.42 Å². The zero-order valence-electron chi connectivity index (χ0n) is 8.71. The van der Waals surface area contributed by atoms with Gasteiger partial charge < -0.3 is 11.6 Å². The molecule has 1 aromatic rings. The maximum Gasteiger partial charge on any atom is 1.00 e. The largest absolute Gasteiger partial charge is 1.00 e. The number of carboxylic acids is 1. The summed E-state index contributed by atoms with van der Waals surface area (Å²) in [5, 5.41) is 17.7. The van der Waals surface area contributed by atoms with E-state index in [0.29, 0.717) is 0 Å². The summed E-state index contributed by atoms with van der Waals surface area (Å²) in [6.07, 6.45) is 0. The second kappa shape index (κ2) is 4.95. The van der Waals surface area contributed by atoms with E-state index in [4.69, 9.17) is 9.66 Å².